The quantitative estimate of drug-likeness (QED) is 0.210. The normalized spacial score (nSPS) is 10.9. The summed E-state index contributed by atoms with van der Waals surface area (Å²) in [6.07, 6.45) is 0. The highest BCUT2D eigenvalue weighted by Crippen LogP contribution is 2.32. The monoisotopic (exact) mass is 566 g/mol. The van der Waals surface area contributed by atoms with Crippen LogP contribution in [0.15, 0.2) is 95.9 Å². The van der Waals surface area contributed by atoms with Crippen molar-refractivity contribution in [1.29, 1.82) is 0 Å². The third-order valence-corrected chi connectivity index (χ3v) is 7.03. The average Bonchev–Trinajstić information content (AvgIpc) is 2.91. The molecule has 1 amide bonds. The molecule has 10 heteroatoms. The molecule has 202 valence electrons. The number of ether oxygens (including phenoxy) is 3. The fourth-order valence-corrected chi connectivity index (χ4v) is 4.90. The third-order valence-electron chi connectivity index (χ3n) is 5.42. The Morgan fingerprint density at radius 2 is 1.56 bits per heavy atom. The van der Waals surface area contributed by atoms with Gasteiger partial charge in [0.2, 0.25) is 0 Å². The maximum absolute atomic E-state index is 12.9. The Bertz CT molecular complexity index is 1540. The van der Waals surface area contributed by atoms with Gasteiger partial charge in [-0.15, -0.1) is 0 Å². The molecule has 0 atom stereocenters. The zero-order valence-electron chi connectivity index (χ0n) is 21.3. The first-order valence-corrected chi connectivity index (χ1v) is 13.9. The summed E-state index contributed by atoms with van der Waals surface area (Å²) in [5, 5.41) is 3.18. The lowest BCUT2D eigenvalue weighted by Crippen LogP contribution is -2.21. The average molecular weight is 567 g/mol. The molecule has 4 aromatic carbocycles. The van der Waals surface area contributed by atoms with Gasteiger partial charge in [0, 0.05) is 10.7 Å². The van der Waals surface area contributed by atoms with Gasteiger partial charge >= 0.3 is 0 Å². The molecule has 0 spiro atoms. The summed E-state index contributed by atoms with van der Waals surface area (Å²) in [5.74, 6) is 1.61. The Kier molecular flexibility index (Phi) is 8.96. The van der Waals surface area contributed by atoms with Crippen LogP contribution in [-0.2, 0) is 14.8 Å². The van der Waals surface area contributed by atoms with Crippen molar-refractivity contribution in [3.8, 4) is 23.0 Å². The molecule has 0 radical (unpaired) electrons. The summed E-state index contributed by atoms with van der Waals surface area (Å²) < 4.78 is 45.2. The SMILES string of the molecule is CCOc1ccc(NS(=O)(=O)c2ccc(OCC(=O)Nc3cc(Cl)ccc3Oc3ccccc3)c(C)c2)cc1. The minimum absolute atomic E-state index is 0.0623. The minimum Gasteiger partial charge on any atom is -0.494 e. The molecule has 0 heterocycles. The lowest BCUT2D eigenvalue weighted by molar-refractivity contribution is -0.118. The van der Waals surface area contributed by atoms with Gasteiger partial charge in [0.15, 0.2) is 12.4 Å². The molecule has 39 heavy (non-hydrogen) atoms. The largest absolute Gasteiger partial charge is 0.494 e. The van der Waals surface area contributed by atoms with E-state index in [2.05, 4.69) is 10.0 Å². The highest BCUT2D eigenvalue weighted by molar-refractivity contribution is 7.92. The first-order valence-electron chi connectivity index (χ1n) is 12.0. The van der Waals surface area contributed by atoms with E-state index < -0.39 is 15.9 Å². The van der Waals surface area contributed by atoms with Crippen molar-refractivity contribution in [2.45, 2.75) is 18.7 Å². The summed E-state index contributed by atoms with van der Waals surface area (Å²) in [5.41, 5.74) is 1.34. The maximum Gasteiger partial charge on any atom is 0.262 e. The molecule has 0 saturated heterocycles. The van der Waals surface area contributed by atoms with E-state index in [1.165, 1.54) is 18.2 Å². The Morgan fingerprint density at radius 3 is 2.26 bits per heavy atom. The molecule has 2 N–H and O–H groups in total. The van der Waals surface area contributed by atoms with Gasteiger partial charge in [-0.1, -0.05) is 29.8 Å². The van der Waals surface area contributed by atoms with E-state index in [1.54, 1.807) is 61.5 Å². The molecule has 4 aromatic rings. The fourth-order valence-electron chi connectivity index (χ4n) is 3.58. The number of benzene rings is 4. The van der Waals surface area contributed by atoms with Crippen molar-refractivity contribution < 1.29 is 27.4 Å². The molecule has 0 aliphatic rings. The predicted molar refractivity (Wildman–Crippen MR) is 152 cm³/mol. The van der Waals surface area contributed by atoms with Crippen molar-refractivity contribution in [1.82, 2.24) is 0 Å². The predicted octanol–water partition coefficient (Wildman–Crippen LogP) is 6.66. The Hall–Kier alpha value is -4.21. The number of carbonyl (C=O) groups is 1. The van der Waals surface area contributed by atoms with E-state index >= 15 is 0 Å². The van der Waals surface area contributed by atoms with Gasteiger partial charge in [-0.25, -0.2) is 8.42 Å². The smallest absolute Gasteiger partial charge is 0.262 e. The van der Waals surface area contributed by atoms with Crippen LogP contribution in [-0.4, -0.2) is 27.5 Å². The Labute approximate surface area is 232 Å². The first-order chi connectivity index (χ1) is 18.7. The Morgan fingerprint density at radius 1 is 0.846 bits per heavy atom. The summed E-state index contributed by atoms with van der Waals surface area (Å²) in [7, 11) is -3.84. The van der Waals surface area contributed by atoms with Crippen LogP contribution in [0.3, 0.4) is 0 Å². The molecule has 0 unspecified atom stereocenters. The summed E-state index contributed by atoms with van der Waals surface area (Å²) in [4.78, 5) is 12.7. The van der Waals surface area contributed by atoms with Crippen LogP contribution >= 0.6 is 11.6 Å². The van der Waals surface area contributed by atoms with Gasteiger partial charge in [-0.2, -0.15) is 0 Å². The van der Waals surface area contributed by atoms with Crippen LogP contribution in [0.5, 0.6) is 23.0 Å². The molecule has 4 rings (SSSR count). The van der Waals surface area contributed by atoms with Crippen LogP contribution in [0.2, 0.25) is 5.02 Å². The molecule has 0 saturated carbocycles. The second-order valence-corrected chi connectivity index (χ2v) is 10.5. The molecule has 0 bridgehead atoms. The molecule has 0 aliphatic heterocycles. The lowest BCUT2D eigenvalue weighted by atomic mass is 10.2. The standard InChI is InChI=1S/C29H27ClN2O6S/c1-3-36-23-12-10-22(11-13-23)32-39(34,35)25-14-16-27(20(2)17-25)37-19-29(33)31-26-18-21(30)9-15-28(26)38-24-7-5-4-6-8-24/h4-18,32H,3,19H2,1-2H3,(H,31,33). The molecular weight excluding hydrogens is 540 g/mol. The number of rotatable bonds is 11. The minimum atomic E-state index is -3.84. The fraction of sp³-hybridized carbons (Fsp3) is 0.138. The number of hydrogen-bond donors (Lipinski definition) is 2. The van der Waals surface area contributed by atoms with E-state index in [0.717, 1.165) is 0 Å². The second-order valence-electron chi connectivity index (χ2n) is 8.38. The highest BCUT2D eigenvalue weighted by Gasteiger charge is 2.17. The maximum atomic E-state index is 12.9. The van der Waals surface area contributed by atoms with Gasteiger partial charge in [-0.3, -0.25) is 9.52 Å². The van der Waals surface area contributed by atoms with E-state index in [9.17, 15) is 13.2 Å². The van der Waals surface area contributed by atoms with E-state index in [1.807, 2.05) is 25.1 Å². The van der Waals surface area contributed by atoms with Gasteiger partial charge < -0.3 is 19.5 Å². The van der Waals surface area contributed by atoms with Crippen molar-refractivity contribution in [2.75, 3.05) is 23.3 Å². The van der Waals surface area contributed by atoms with Gasteiger partial charge in [0.05, 0.1) is 17.2 Å². The number of halogens is 1. The van der Waals surface area contributed by atoms with Gasteiger partial charge in [-0.05, 0) is 92.2 Å². The van der Waals surface area contributed by atoms with Crippen molar-refractivity contribution >= 4 is 38.9 Å². The van der Waals surface area contributed by atoms with Crippen LogP contribution in [0.25, 0.3) is 0 Å². The number of para-hydroxylation sites is 1. The van der Waals surface area contributed by atoms with Crippen LogP contribution < -0.4 is 24.2 Å². The van der Waals surface area contributed by atoms with Crippen molar-refractivity contribution in [3.63, 3.8) is 0 Å². The zero-order chi connectivity index (χ0) is 27.8. The van der Waals surface area contributed by atoms with Gasteiger partial charge in [0.25, 0.3) is 15.9 Å². The number of amides is 1. The van der Waals surface area contributed by atoms with Gasteiger partial charge in [0.1, 0.15) is 17.2 Å². The van der Waals surface area contributed by atoms with Crippen LogP contribution in [0.4, 0.5) is 11.4 Å². The molecule has 0 fully saturated rings. The zero-order valence-corrected chi connectivity index (χ0v) is 22.9. The molecule has 8 nitrogen and oxygen atoms in total. The number of hydrogen-bond acceptors (Lipinski definition) is 6. The van der Waals surface area contributed by atoms with E-state index in [-0.39, 0.29) is 11.5 Å². The number of aryl methyl sites for hydroxylation is 1. The summed E-state index contributed by atoms with van der Waals surface area (Å²) in [6.45, 7) is 3.78. The van der Waals surface area contributed by atoms with Crippen molar-refractivity contribution in [3.05, 3.63) is 102 Å². The highest BCUT2D eigenvalue weighted by atomic mass is 35.5. The number of carbonyl (C=O) groups excluding carboxylic acids is 1. The number of sulfonamides is 1. The number of nitrogens with one attached hydrogen (secondary N) is 2. The molecular formula is C29H27ClN2O6S. The second kappa shape index (κ2) is 12.6. The van der Waals surface area contributed by atoms with Crippen LogP contribution in [0, 0.1) is 6.92 Å². The van der Waals surface area contributed by atoms with Crippen molar-refractivity contribution in [2.24, 2.45) is 0 Å². The van der Waals surface area contributed by atoms with E-state index in [0.29, 0.717) is 51.6 Å². The lowest BCUT2D eigenvalue weighted by Gasteiger charge is -2.14. The van der Waals surface area contributed by atoms with Crippen LogP contribution in [0.1, 0.15) is 12.5 Å². The molecule has 0 aromatic heterocycles. The number of anilines is 2. The topological polar surface area (TPSA) is 103 Å². The molecule has 0 aliphatic carbocycles. The summed E-state index contributed by atoms with van der Waals surface area (Å²) in [6, 6.07) is 25.1. The Balaban J connectivity index is 1.39. The first kappa shape index (κ1) is 27.8. The van der Waals surface area contributed by atoms with E-state index in [4.69, 9.17) is 25.8 Å². The third kappa shape index (κ3) is 7.66. The summed E-state index contributed by atoms with van der Waals surface area (Å²) >= 11 is 6.12.